The zero-order chi connectivity index (χ0) is 23.5. The van der Waals surface area contributed by atoms with Crippen LogP contribution in [0.15, 0.2) is 12.3 Å². The lowest BCUT2D eigenvalue weighted by Crippen LogP contribution is -2.44. The fraction of sp³-hybridized carbons (Fsp3) is 0.600. The lowest BCUT2D eigenvalue weighted by atomic mass is 10.2. The van der Waals surface area contributed by atoms with Crippen LogP contribution in [0.4, 0.5) is 20.2 Å². The van der Waals surface area contributed by atoms with Crippen LogP contribution < -0.4 is 9.64 Å². The summed E-state index contributed by atoms with van der Waals surface area (Å²) in [5.74, 6) is -0.419. The maximum atomic E-state index is 12.8. The molecule has 0 aliphatic rings. The minimum absolute atomic E-state index is 0.159. The molecule has 0 atom stereocenters. The molecule has 0 unspecified atom stereocenters. The van der Waals surface area contributed by atoms with Gasteiger partial charge < -0.3 is 18.9 Å². The van der Waals surface area contributed by atoms with E-state index in [-0.39, 0.29) is 11.6 Å². The number of rotatable bonds is 2. The molecular formula is C20H29IN2O7. The van der Waals surface area contributed by atoms with E-state index in [1.165, 1.54) is 12.3 Å². The van der Waals surface area contributed by atoms with Crippen molar-refractivity contribution in [3.8, 4) is 5.75 Å². The average molecular weight is 536 g/mol. The maximum Gasteiger partial charge on any atom is 0.514 e. The lowest BCUT2D eigenvalue weighted by Gasteiger charge is -2.28. The first-order chi connectivity index (χ1) is 13.4. The lowest BCUT2D eigenvalue weighted by molar-refractivity contribution is 0.0199. The Kier molecular flexibility index (Phi) is 8.09. The van der Waals surface area contributed by atoms with Crippen LogP contribution in [0.25, 0.3) is 0 Å². The minimum Gasteiger partial charge on any atom is -0.443 e. The number of ether oxygens (including phenoxy) is 4. The number of halogens is 1. The van der Waals surface area contributed by atoms with E-state index in [9.17, 15) is 14.4 Å². The van der Waals surface area contributed by atoms with E-state index in [4.69, 9.17) is 18.9 Å². The molecule has 2 amide bonds. The van der Waals surface area contributed by atoms with Gasteiger partial charge in [-0.25, -0.2) is 19.4 Å². The first kappa shape index (κ1) is 25.9. The molecule has 30 heavy (non-hydrogen) atoms. The molecule has 0 aliphatic heterocycles. The Morgan fingerprint density at radius 3 is 1.67 bits per heavy atom. The number of aromatic nitrogens is 1. The Bertz CT molecular complexity index is 777. The summed E-state index contributed by atoms with van der Waals surface area (Å²) in [5, 5.41) is 0. The van der Waals surface area contributed by atoms with Crippen LogP contribution in [-0.2, 0) is 14.2 Å². The largest absolute Gasteiger partial charge is 0.514 e. The third-order valence-electron chi connectivity index (χ3n) is 2.75. The molecule has 0 radical (unpaired) electrons. The van der Waals surface area contributed by atoms with E-state index < -0.39 is 35.1 Å². The Hall–Kier alpha value is -2.11. The second-order valence-electron chi connectivity index (χ2n) is 9.34. The van der Waals surface area contributed by atoms with Crippen molar-refractivity contribution >= 4 is 46.8 Å². The molecule has 9 nitrogen and oxygen atoms in total. The molecule has 0 saturated heterocycles. The molecule has 0 aliphatic carbocycles. The van der Waals surface area contributed by atoms with Gasteiger partial charge in [-0.05, 0) is 91.0 Å². The summed E-state index contributed by atoms with van der Waals surface area (Å²) in [6.45, 7) is 14.9. The van der Waals surface area contributed by atoms with Crippen molar-refractivity contribution in [2.24, 2.45) is 0 Å². The highest BCUT2D eigenvalue weighted by atomic mass is 127. The molecule has 0 bridgehead atoms. The number of amides is 2. The molecule has 168 valence electrons. The van der Waals surface area contributed by atoms with Gasteiger partial charge in [0.05, 0.1) is 0 Å². The van der Waals surface area contributed by atoms with Crippen LogP contribution in [0.3, 0.4) is 0 Å². The van der Waals surface area contributed by atoms with Gasteiger partial charge in [0.15, 0.2) is 11.6 Å². The second kappa shape index (κ2) is 9.36. The summed E-state index contributed by atoms with van der Waals surface area (Å²) in [7, 11) is 0. The highest BCUT2D eigenvalue weighted by molar-refractivity contribution is 14.1. The fourth-order valence-electron chi connectivity index (χ4n) is 1.88. The van der Waals surface area contributed by atoms with Crippen molar-refractivity contribution in [3.63, 3.8) is 0 Å². The van der Waals surface area contributed by atoms with E-state index in [2.05, 4.69) is 4.98 Å². The molecule has 1 rings (SSSR count). The highest BCUT2D eigenvalue weighted by Crippen LogP contribution is 2.31. The summed E-state index contributed by atoms with van der Waals surface area (Å²) in [6.07, 6.45) is -1.67. The molecule has 0 saturated carbocycles. The molecule has 0 spiro atoms. The van der Waals surface area contributed by atoms with E-state index >= 15 is 0 Å². The second-order valence-corrected chi connectivity index (χ2v) is 10.6. The van der Waals surface area contributed by atoms with Crippen molar-refractivity contribution in [2.75, 3.05) is 4.90 Å². The third-order valence-corrected chi connectivity index (χ3v) is 3.34. The Morgan fingerprint density at radius 1 is 0.833 bits per heavy atom. The Balaban J connectivity index is 3.43. The van der Waals surface area contributed by atoms with Crippen molar-refractivity contribution < 1.29 is 33.3 Å². The van der Waals surface area contributed by atoms with Crippen LogP contribution in [0, 0.1) is 3.57 Å². The summed E-state index contributed by atoms with van der Waals surface area (Å²) in [4.78, 5) is 42.5. The molecule has 0 fully saturated rings. The molecule has 1 heterocycles. The molecular weight excluding hydrogens is 507 g/mol. The van der Waals surface area contributed by atoms with E-state index in [0.717, 1.165) is 0 Å². The monoisotopic (exact) mass is 536 g/mol. The van der Waals surface area contributed by atoms with Crippen LogP contribution in [0.1, 0.15) is 62.3 Å². The fourth-order valence-corrected chi connectivity index (χ4v) is 2.30. The summed E-state index contributed by atoms with van der Waals surface area (Å²) < 4.78 is 21.7. The molecule has 0 N–H and O–H groups in total. The van der Waals surface area contributed by atoms with E-state index in [0.29, 0.717) is 8.47 Å². The van der Waals surface area contributed by atoms with Gasteiger partial charge in [0, 0.05) is 9.77 Å². The summed E-state index contributed by atoms with van der Waals surface area (Å²) in [6, 6.07) is 1.44. The number of nitrogens with zero attached hydrogens (tertiary/aromatic N) is 2. The van der Waals surface area contributed by atoms with Crippen LogP contribution in [0.5, 0.6) is 5.75 Å². The molecule has 0 aromatic carbocycles. The first-order valence-electron chi connectivity index (χ1n) is 9.20. The van der Waals surface area contributed by atoms with Gasteiger partial charge >= 0.3 is 18.3 Å². The normalized spacial score (nSPS) is 12.1. The number of carbonyl (C=O) groups is 3. The Morgan fingerprint density at radius 2 is 1.27 bits per heavy atom. The number of pyridine rings is 1. The van der Waals surface area contributed by atoms with Crippen LogP contribution >= 0.6 is 22.6 Å². The predicted molar refractivity (Wildman–Crippen MR) is 119 cm³/mol. The van der Waals surface area contributed by atoms with Crippen molar-refractivity contribution in [1.82, 2.24) is 4.98 Å². The van der Waals surface area contributed by atoms with Gasteiger partial charge in [0.1, 0.15) is 16.8 Å². The van der Waals surface area contributed by atoms with Gasteiger partial charge in [-0.2, -0.15) is 4.90 Å². The quantitative estimate of drug-likeness (QED) is 0.270. The highest BCUT2D eigenvalue weighted by Gasteiger charge is 2.36. The topological polar surface area (TPSA) is 104 Å². The SMILES string of the molecule is CC(C)(C)OC(=O)Oc1cc(I)cnc1N(C(=O)OC(C)(C)C)C(=O)OC(C)(C)C. The first-order valence-corrected chi connectivity index (χ1v) is 10.3. The van der Waals surface area contributed by atoms with Gasteiger partial charge in [0.25, 0.3) is 0 Å². The van der Waals surface area contributed by atoms with Gasteiger partial charge in [-0.15, -0.1) is 0 Å². The summed E-state index contributed by atoms with van der Waals surface area (Å²) in [5.41, 5.74) is -2.60. The van der Waals surface area contributed by atoms with Gasteiger partial charge in [0.2, 0.25) is 0 Å². The number of carbonyl (C=O) groups excluding carboxylic acids is 3. The van der Waals surface area contributed by atoms with Crippen LogP contribution in [0.2, 0.25) is 0 Å². The third kappa shape index (κ3) is 9.14. The zero-order valence-electron chi connectivity index (χ0n) is 18.8. The van der Waals surface area contributed by atoms with Gasteiger partial charge in [-0.1, -0.05) is 0 Å². The van der Waals surface area contributed by atoms with Crippen molar-refractivity contribution in [1.29, 1.82) is 0 Å². The van der Waals surface area contributed by atoms with Crippen LogP contribution in [-0.4, -0.2) is 40.1 Å². The number of hydrogen-bond donors (Lipinski definition) is 0. The smallest absolute Gasteiger partial charge is 0.443 e. The number of hydrogen-bond acceptors (Lipinski definition) is 8. The zero-order valence-corrected chi connectivity index (χ0v) is 20.9. The number of anilines is 1. The minimum atomic E-state index is -1.03. The molecule has 1 aromatic rings. The summed E-state index contributed by atoms with van der Waals surface area (Å²) >= 11 is 1.95. The molecule has 1 aromatic heterocycles. The van der Waals surface area contributed by atoms with Gasteiger partial charge in [-0.3, -0.25) is 0 Å². The van der Waals surface area contributed by atoms with Crippen molar-refractivity contribution in [3.05, 3.63) is 15.8 Å². The van der Waals surface area contributed by atoms with Crippen molar-refractivity contribution in [2.45, 2.75) is 79.1 Å². The standard InChI is InChI=1S/C20H29IN2O7/c1-18(2,3)28-15(24)23(16(25)29-19(4,5)6)14-13(10-12(21)11-22-14)27-17(26)30-20(7,8)9/h10-11H,1-9H3. The Labute approximate surface area is 190 Å². The predicted octanol–water partition coefficient (Wildman–Crippen LogP) is 5.68. The molecule has 10 heteroatoms. The van der Waals surface area contributed by atoms with E-state index in [1.807, 2.05) is 22.6 Å². The number of imide groups is 1. The maximum absolute atomic E-state index is 12.8. The average Bonchev–Trinajstić information content (AvgIpc) is 2.43. The van der Waals surface area contributed by atoms with E-state index in [1.54, 1.807) is 62.3 Å².